The van der Waals surface area contributed by atoms with Gasteiger partial charge in [-0.1, -0.05) is 6.92 Å². The van der Waals surface area contributed by atoms with Gasteiger partial charge in [0.15, 0.2) is 0 Å². The number of nitro benzene ring substituents is 1. The number of benzene rings is 1. The van der Waals surface area contributed by atoms with Crippen LogP contribution in [0.25, 0.3) is 0 Å². The van der Waals surface area contributed by atoms with Crippen molar-refractivity contribution in [3.05, 3.63) is 34.4 Å². The van der Waals surface area contributed by atoms with Crippen molar-refractivity contribution in [2.75, 3.05) is 44.6 Å². The number of hydrogen-bond donors (Lipinski definition) is 1. The summed E-state index contributed by atoms with van der Waals surface area (Å²) in [5, 5.41) is 13.8. The van der Waals surface area contributed by atoms with Crippen LogP contribution in [0.1, 0.15) is 26.2 Å². The Hall–Kier alpha value is -2.15. The molecule has 0 bridgehead atoms. The Morgan fingerprint density at radius 3 is 2.62 bits per heavy atom. The van der Waals surface area contributed by atoms with Gasteiger partial charge in [-0.3, -0.25) is 14.9 Å². The highest BCUT2D eigenvalue weighted by molar-refractivity contribution is 5.76. The van der Waals surface area contributed by atoms with Crippen LogP contribution in [0.15, 0.2) is 24.3 Å². The fourth-order valence-electron chi connectivity index (χ4n) is 2.87. The van der Waals surface area contributed by atoms with Gasteiger partial charge in [0.05, 0.1) is 4.92 Å². The van der Waals surface area contributed by atoms with Gasteiger partial charge >= 0.3 is 0 Å². The van der Waals surface area contributed by atoms with Crippen molar-refractivity contribution in [1.82, 2.24) is 9.80 Å². The molecular formula is C17H26N4O3. The number of carbonyl (C=O) groups excluding carboxylic acids is 1. The maximum atomic E-state index is 12.3. The highest BCUT2D eigenvalue weighted by Gasteiger charge is 2.17. The summed E-state index contributed by atoms with van der Waals surface area (Å²) in [7, 11) is 0. The number of carbonyl (C=O) groups is 1. The van der Waals surface area contributed by atoms with Crippen molar-refractivity contribution in [2.24, 2.45) is 0 Å². The second-order valence-corrected chi connectivity index (χ2v) is 6.00. The first-order valence-corrected chi connectivity index (χ1v) is 8.58. The predicted octanol–water partition coefficient (Wildman–Crippen LogP) is 2.34. The van der Waals surface area contributed by atoms with Gasteiger partial charge in [-0.2, -0.15) is 0 Å². The molecular weight excluding hydrogens is 308 g/mol. The minimum Gasteiger partial charge on any atom is -0.385 e. The summed E-state index contributed by atoms with van der Waals surface area (Å²) >= 11 is 0. The second-order valence-electron chi connectivity index (χ2n) is 6.00. The molecule has 0 aromatic heterocycles. The van der Waals surface area contributed by atoms with Crippen LogP contribution in [0, 0.1) is 10.1 Å². The standard InChI is InChI=1S/C17H26N4O3/c1-2-19-11-4-12-20(14-13-19)17(22)5-3-10-18-15-6-8-16(9-7-15)21(23)24/h6-9,18H,2-5,10-14H2,1H3. The Bertz CT molecular complexity index is 547. The van der Waals surface area contributed by atoms with Crippen LogP contribution in [0.2, 0.25) is 0 Å². The summed E-state index contributed by atoms with van der Waals surface area (Å²) in [6, 6.07) is 6.33. The first kappa shape index (κ1) is 18.2. The third-order valence-corrected chi connectivity index (χ3v) is 4.36. The van der Waals surface area contributed by atoms with Crippen LogP contribution in [0.5, 0.6) is 0 Å². The molecule has 24 heavy (non-hydrogen) atoms. The molecule has 0 spiro atoms. The minimum atomic E-state index is -0.413. The Morgan fingerprint density at radius 1 is 1.21 bits per heavy atom. The summed E-state index contributed by atoms with van der Waals surface area (Å²) in [6.07, 6.45) is 2.33. The fraction of sp³-hybridized carbons (Fsp3) is 0.588. The van der Waals surface area contributed by atoms with Crippen molar-refractivity contribution in [3.63, 3.8) is 0 Å². The molecule has 0 unspecified atom stereocenters. The molecule has 1 aliphatic rings. The predicted molar refractivity (Wildman–Crippen MR) is 94.1 cm³/mol. The van der Waals surface area contributed by atoms with E-state index >= 15 is 0 Å². The van der Waals surface area contributed by atoms with Crippen LogP contribution >= 0.6 is 0 Å². The molecule has 1 saturated heterocycles. The van der Waals surface area contributed by atoms with Crippen molar-refractivity contribution in [2.45, 2.75) is 26.2 Å². The Morgan fingerprint density at radius 2 is 1.96 bits per heavy atom. The number of amides is 1. The molecule has 1 aliphatic heterocycles. The van der Waals surface area contributed by atoms with E-state index in [9.17, 15) is 14.9 Å². The van der Waals surface area contributed by atoms with Crippen molar-refractivity contribution < 1.29 is 9.72 Å². The topological polar surface area (TPSA) is 78.7 Å². The van der Waals surface area contributed by atoms with Gasteiger partial charge in [-0.15, -0.1) is 0 Å². The van der Waals surface area contributed by atoms with Crippen molar-refractivity contribution >= 4 is 17.3 Å². The number of rotatable bonds is 7. The van der Waals surface area contributed by atoms with E-state index in [-0.39, 0.29) is 11.6 Å². The van der Waals surface area contributed by atoms with Gasteiger partial charge in [0.25, 0.3) is 5.69 Å². The van der Waals surface area contributed by atoms with E-state index in [0.29, 0.717) is 13.0 Å². The molecule has 0 saturated carbocycles. The van der Waals surface area contributed by atoms with Gasteiger partial charge in [0.1, 0.15) is 0 Å². The van der Waals surface area contributed by atoms with Gasteiger partial charge in [-0.05, 0) is 38.1 Å². The van der Waals surface area contributed by atoms with E-state index in [4.69, 9.17) is 0 Å². The number of nitrogens with one attached hydrogen (secondary N) is 1. The molecule has 1 aromatic carbocycles. The molecule has 1 fully saturated rings. The SMILES string of the molecule is CCN1CCCN(C(=O)CCCNc2ccc([N+](=O)[O-])cc2)CC1. The minimum absolute atomic E-state index is 0.0815. The highest BCUT2D eigenvalue weighted by atomic mass is 16.6. The smallest absolute Gasteiger partial charge is 0.269 e. The van der Waals surface area contributed by atoms with Crippen molar-refractivity contribution in [3.8, 4) is 0 Å². The summed E-state index contributed by atoms with van der Waals surface area (Å²) in [5.41, 5.74) is 0.916. The number of likely N-dealkylation sites (N-methyl/N-ethyl adjacent to an activating group) is 1. The van der Waals surface area contributed by atoms with Crippen molar-refractivity contribution in [1.29, 1.82) is 0 Å². The van der Waals surface area contributed by atoms with E-state index < -0.39 is 4.92 Å². The Labute approximate surface area is 142 Å². The van der Waals surface area contributed by atoms with Gasteiger partial charge in [0.2, 0.25) is 5.91 Å². The summed E-state index contributed by atoms with van der Waals surface area (Å²) in [5.74, 6) is 0.221. The van der Waals surface area contributed by atoms with Gasteiger partial charge in [0, 0.05) is 50.4 Å². The van der Waals surface area contributed by atoms with Crippen LogP contribution < -0.4 is 5.32 Å². The first-order chi connectivity index (χ1) is 11.6. The van der Waals surface area contributed by atoms with Crippen LogP contribution in [-0.4, -0.2) is 59.9 Å². The lowest BCUT2D eigenvalue weighted by Gasteiger charge is -2.21. The number of nitro groups is 1. The first-order valence-electron chi connectivity index (χ1n) is 8.58. The zero-order valence-corrected chi connectivity index (χ0v) is 14.2. The zero-order valence-electron chi connectivity index (χ0n) is 14.2. The molecule has 132 valence electrons. The molecule has 0 radical (unpaired) electrons. The molecule has 7 nitrogen and oxygen atoms in total. The molecule has 1 aromatic rings. The molecule has 1 N–H and O–H groups in total. The van der Waals surface area contributed by atoms with E-state index in [2.05, 4.69) is 17.1 Å². The maximum Gasteiger partial charge on any atom is 0.269 e. The van der Waals surface area contributed by atoms with Crippen LogP contribution in [-0.2, 0) is 4.79 Å². The number of nitrogens with zero attached hydrogens (tertiary/aromatic N) is 3. The average molecular weight is 334 g/mol. The van der Waals surface area contributed by atoms with E-state index in [0.717, 1.165) is 51.3 Å². The second kappa shape index (κ2) is 9.22. The molecule has 0 atom stereocenters. The average Bonchev–Trinajstić information content (AvgIpc) is 2.84. The number of non-ortho nitro benzene ring substituents is 1. The van der Waals surface area contributed by atoms with E-state index in [1.807, 2.05) is 4.90 Å². The Kier molecular flexibility index (Phi) is 6.99. The van der Waals surface area contributed by atoms with E-state index in [1.165, 1.54) is 12.1 Å². The van der Waals surface area contributed by atoms with E-state index in [1.54, 1.807) is 12.1 Å². The highest BCUT2D eigenvalue weighted by Crippen LogP contribution is 2.15. The summed E-state index contributed by atoms with van der Waals surface area (Å²) in [4.78, 5) is 26.8. The normalized spacial score (nSPS) is 15.8. The summed E-state index contributed by atoms with van der Waals surface area (Å²) in [6.45, 7) is 7.58. The molecule has 7 heteroatoms. The lowest BCUT2D eigenvalue weighted by atomic mass is 10.2. The number of hydrogen-bond acceptors (Lipinski definition) is 5. The lowest BCUT2D eigenvalue weighted by molar-refractivity contribution is -0.384. The molecule has 1 amide bonds. The Balaban J connectivity index is 1.68. The van der Waals surface area contributed by atoms with Crippen LogP contribution in [0.4, 0.5) is 11.4 Å². The van der Waals surface area contributed by atoms with Crippen LogP contribution in [0.3, 0.4) is 0 Å². The zero-order chi connectivity index (χ0) is 17.4. The number of anilines is 1. The van der Waals surface area contributed by atoms with Gasteiger partial charge in [-0.25, -0.2) is 0 Å². The van der Waals surface area contributed by atoms with Gasteiger partial charge < -0.3 is 15.1 Å². The molecule has 0 aliphatic carbocycles. The lowest BCUT2D eigenvalue weighted by Crippen LogP contribution is -2.35. The monoisotopic (exact) mass is 334 g/mol. The molecule has 2 rings (SSSR count). The quantitative estimate of drug-likeness (QED) is 0.470. The fourth-order valence-corrected chi connectivity index (χ4v) is 2.87. The molecule has 1 heterocycles. The third kappa shape index (κ3) is 5.49. The maximum absolute atomic E-state index is 12.3. The third-order valence-electron chi connectivity index (χ3n) is 4.36. The summed E-state index contributed by atoms with van der Waals surface area (Å²) < 4.78 is 0. The largest absolute Gasteiger partial charge is 0.385 e.